The van der Waals surface area contributed by atoms with Crippen molar-refractivity contribution in [2.45, 2.75) is 25.7 Å². The quantitative estimate of drug-likeness (QED) is 0.651. The second kappa shape index (κ2) is 3.78. The average Bonchev–Trinajstić information content (AvgIpc) is 2.91. The van der Waals surface area contributed by atoms with Crippen LogP contribution in [0.15, 0.2) is 0 Å². The lowest BCUT2D eigenvalue weighted by Crippen LogP contribution is -2.44. The molecule has 0 aromatic carbocycles. The van der Waals surface area contributed by atoms with E-state index < -0.39 is 0 Å². The first-order chi connectivity index (χ1) is 7.34. The van der Waals surface area contributed by atoms with E-state index in [1.165, 1.54) is 25.7 Å². The van der Waals surface area contributed by atoms with E-state index in [9.17, 15) is 4.79 Å². The molecule has 3 fully saturated rings. The van der Waals surface area contributed by atoms with Gasteiger partial charge in [0.2, 0.25) is 5.91 Å². The van der Waals surface area contributed by atoms with Crippen molar-refractivity contribution in [2.24, 2.45) is 17.8 Å². The maximum absolute atomic E-state index is 12.3. The molecular formula is C12H19NO2. The van der Waals surface area contributed by atoms with E-state index in [2.05, 4.69) is 0 Å². The Morgan fingerprint density at radius 3 is 2.53 bits per heavy atom. The summed E-state index contributed by atoms with van der Waals surface area (Å²) in [6.45, 7) is 3.08. The lowest BCUT2D eigenvalue weighted by atomic mass is 9.87. The Kier molecular flexibility index (Phi) is 2.43. The van der Waals surface area contributed by atoms with Crippen molar-refractivity contribution in [3.05, 3.63) is 0 Å². The summed E-state index contributed by atoms with van der Waals surface area (Å²) in [4.78, 5) is 14.3. The van der Waals surface area contributed by atoms with Crippen LogP contribution < -0.4 is 0 Å². The second-order valence-corrected chi connectivity index (χ2v) is 5.22. The van der Waals surface area contributed by atoms with Crippen molar-refractivity contribution in [3.8, 4) is 0 Å². The van der Waals surface area contributed by atoms with E-state index in [0.29, 0.717) is 17.7 Å². The first kappa shape index (κ1) is 9.64. The van der Waals surface area contributed by atoms with E-state index in [1.54, 1.807) is 0 Å². The van der Waals surface area contributed by atoms with Crippen LogP contribution >= 0.6 is 0 Å². The van der Waals surface area contributed by atoms with Crippen molar-refractivity contribution in [1.29, 1.82) is 0 Å². The summed E-state index contributed by atoms with van der Waals surface area (Å²) in [5, 5.41) is 0. The molecule has 1 saturated heterocycles. The number of hydrogen-bond donors (Lipinski definition) is 0. The van der Waals surface area contributed by atoms with Gasteiger partial charge in [0, 0.05) is 19.0 Å². The van der Waals surface area contributed by atoms with E-state index in [0.717, 1.165) is 32.2 Å². The maximum Gasteiger partial charge on any atom is 0.226 e. The number of fused-ring (bicyclic) bond motifs is 2. The molecule has 2 saturated carbocycles. The van der Waals surface area contributed by atoms with E-state index in [-0.39, 0.29) is 0 Å². The molecule has 3 heteroatoms. The molecule has 0 N–H and O–H groups in total. The molecule has 1 heterocycles. The zero-order valence-electron chi connectivity index (χ0n) is 9.15. The topological polar surface area (TPSA) is 29.5 Å². The fourth-order valence-electron chi connectivity index (χ4n) is 3.57. The van der Waals surface area contributed by atoms with Gasteiger partial charge in [-0.3, -0.25) is 4.79 Å². The van der Waals surface area contributed by atoms with E-state index in [1.807, 2.05) is 4.90 Å². The molecule has 3 unspecified atom stereocenters. The molecule has 0 radical (unpaired) electrons. The van der Waals surface area contributed by atoms with Crippen LogP contribution in [0.4, 0.5) is 0 Å². The maximum atomic E-state index is 12.3. The molecule has 0 aromatic heterocycles. The van der Waals surface area contributed by atoms with Crippen molar-refractivity contribution < 1.29 is 9.53 Å². The predicted molar refractivity (Wildman–Crippen MR) is 56.3 cm³/mol. The Morgan fingerprint density at radius 2 is 1.93 bits per heavy atom. The van der Waals surface area contributed by atoms with Crippen LogP contribution in [0.5, 0.6) is 0 Å². The first-order valence-electron chi connectivity index (χ1n) is 6.21. The van der Waals surface area contributed by atoms with Crippen LogP contribution in [0.2, 0.25) is 0 Å². The number of carbonyl (C=O) groups is 1. The van der Waals surface area contributed by atoms with Crippen molar-refractivity contribution in [2.75, 3.05) is 26.3 Å². The summed E-state index contributed by atoms with van der Waals surface area (Å²) in [6, 6.07) is 0. The Morgan fingerprint density at radius 1 is 1.13 bits per heavy atom. The molecular weight excluding hydrogens is 190 g/mol. The Labute approximate surface area is 90.8 Å². The van der Waals surface area contributed by atoms with Gasteiger partial charge in [-0.1, -0.05) is 6.42 Å². The molecule has 3 atom stereocenters. The van der Waals surface area contributed by atoms with Crippen LogP contribution in [-0.2, 0) is 9.53 Å². The molecule has 0 aromatic rings. The highest BCUT2D eigenvalue weighted by Gasteiger charge is 2.44. The molecule has 84 valence electrons. The zero-order valence-corrected chi connectivity index (χ0v) is 9.15. The molecule has 2 bridgehead atoms. The molecule has 2 aliphatic carbocycles. The number of carbonyl (C=O) groups excluding carboxylic acids is 1. The first-order valence-corrected chi connectivity index (χ1v) is 6.21. The molecule has 3 aliphatic rings. The largest absolute Gasteiger partial charge is 0.378 e. The Balaban J connectivity index is 1.64. The summed E-state index contributed by atoms with van der Waals surface area (Å²) in [7, 11) is 0. The highest BCUT2D eigenvalue weighted by molar-refractivity contribution is 5.79. The van der Waals surface area contributed by atoms with Crippen LogP contribution in [0, 0.1) is 17.8 Å². The summed E-state index contributed by atoms with van der Waals surface area (Å²) in [6.07, 6.45) is 5.16. The molecule has 0 spiro atoms. The molecule has 3 nitrogen and oxygen atoms in total. The lowest BCUT2D eigenvalue weighted by molar-refractivity contribution is -0.141. The third kappa shape index (κ3) is 1.67. The van der Waals surface area contributed by atoms with Gasteiger partial charge >= 0.3 is 0 Å². The highest BCUT2D eigenvalue weighted by atomic mass is 16.5. The number of ether oxygens (including phenoxy) is 1. The number of morpholine rings is 1. The average molecular weight is 209 g/mol. The van der Waals surface area contributed by atoms with Crippen LogP contribution in [0.25, 0.3) is 0 Å². The summed E-state index contributed by atoms with van der Waals surface area (Å²) in [5.41, 5.74) is 0. The van der Waals surface area contributed by atoms with Gasteiger partial charge in [-0.2, -0.15) is 0 Å². The minimum absolute atomic E-state index is 0.363. The van der Waals surface area contributed by atoms with E-state index in [4.69, 9.17) is 4.74 Å². The van der Waals surface area contributed by atoms with Gasteiger partial charge in [0.1, 0.15) is 0 Å². The van der Waals surface area contributed by atoms with Gasteiger partial charge in [0.05, 0.1) is 13.2 Å². The number of rotatable bonds is 1. The highest BCUT2D eigenvalue weighted by Crippen LogP contribution is 2.48. The standard InChI is InChI=1S/C12H19NO2/c14-12(13-3-5-15-6-4-13)11-8-9-1-2-10(11)7-9/h9-11H,1-8H2. The summed E-state index contributed by atoms with van der Waals surface area (Å²) < 4.78 is 5.28. The van der Waals surface area contributed by atoms with Crippen LogP contribution in [0.1, 0.15) is 25.7 Å². The minimum atomic E-state index is 0.363. The normalized spacial score (nSPS) is 39.7. The molecule has 1 amide bonds. The number of hydrogen-bond acceptors (Lipinski definition) is 2. The van der Waals surface area contributed by atoms with Crippen molar-refractivity contribution in [3.63, 3.8) is 0 Å². The van der Waals surface area contributed by atoms with Gasteiger partial charge in [-0.05, 0) is 31.1 Å². The fourth-order valence-corrected chi connectivity index (χ4v) is 3.57. The molecule has 3 rings (SSSR count). The smallest absolute Gasteiger partial charge is 0.226 e. The third-order valence-electron chi connectivity index (χ3n) is 4.38. The number of nitrogens with zero attached hydrogens (tertiary/aromatic N) is 1. The van der Waals surface area contributed by atoms with Gasteiger partial charge in [-0.25, -0.2) is 0 Å². The van der Waals surface area contributed by atoms with Crippen molar-refractivity contribution >= 4 is 5.91 Å². The zero-order chi connectivity index (χ0) is 10.3. The lowest BCUT2D eigenvalue weighted by Gasteiger charge is -2.32. The molecule has 1 aliphatic heterocycles. The van der Waals surface area contributed by atoms with Gasteiger partial charge in [0.15, 0.2) is 0 Å². The minimum Gasteiger partial charge on any atom is -0.378 e. The van der Waals surface area contributed by atoms with Gasteiger partial charge < -0.3 is 9.64 Å². The van der Waals surface area contributed by atoms with Crippen LogP contribution in [-0.4, -0.2) is 37.1 Å². The Hall–Kier alpha value is -0.570. The SMILES string of the molecule is O=C(C1CC2CCC1C2)N1CCOCC1. The van der Waals surface area contributed by atoms with Gasteiger partial charge in [-0.15, -0.1) is 0 Å². The fraction of sp³-hybridized carbons (Fsp3) is 0.917. The summed E-state index contributed by atoms with van der Waals surface area (Å²) >= 11 is 0. The molecule has 15 heavy (non-hydrogen) atoms. The van der Waals surface area contributed by atoms with E-state index >= 15 is 0 Å². The second-order valence-electron chi connectivity index (χ2n) is 5.22. The predicted octanol–water partition coefficient (Wildman–Crippen LogP) is 1.28. The monoisotopic (exact) mass is 209 g/mol. The third-order valence-corrected chi connectivity index (χ3v) is 4.38. The summed E-state index contributed by atoms with van der Waals surface area (Å²) in [5.74, 6) is 2.36. The number of amides is 1. The Bertz CT molecular complexity index is 260. The van der Waals surface area contributed by atoms with Gasteiger partial charge in [0.25, 0.3) is 0 Å². The van der Waals surface area contributed by atoms with Crippen LogP contribution in [0.3, 0.4) is 0 Å². The van der Waals surface area contributed by atoms with Crippen molar-refractivity contribution in [1.82, 2.24) is 4.90 Å².